The van der Waals surface area contributed by atoms with Crippen LogP contribution in [0.4, 0.5) is 5.69 Å². The number of Topliss-reactive ketones (excluding diaryl/α,β-unsaturated/α-hetero) is 1. The third kappa shape index (κ3) is 1.97. The number of ketones is 1. The van der Waals surface area contributed by atoms with Gasteiger partial charge in [-0.3, -0.25) is 9.59 Å². The molecule has 0 unspecified atom stereocenters. The second-order valence-corrected chi connectivity index (χ2v) is 5.24. The molecule has 0 aromatic heterocycles. The van der Waals surface area contributed by atoms with Crippen LogP contribution >= 0.6 is 11.8 Å². The van der Waals surface area contributed by atoms with E-state index in [2.05, 4.69) is 0 Å². The largest absolute Gasteiger partial charge is 0.304 e. The number of carbonyl (C=O) groups excluding carboxylic acids is 2. The number of anilines is 1. The zero-order valence-corrected chi connectivity index (χ0v) is 11.1. The summed E-state index contributed by atoms with van der Waals surface area (Å²) in [4.78, 5) is 25.4. The van der Waals surface area contributed by atoms with Crippen molar-refractivity contribution in [3.63, 3.8) is 0 Å². The second-order valence-electron chi connectivity index (χ2n) is 4.25. The normalized spacial score (nSPS) is 14.4. The summed E-state index contributed by atoms with van der Waals surface area (Å²) in [6.45, 7) is 4.46. The lowest BCUT2D eigenvalue weighted by Crippen LogP contribution is -2.31. The third-order valence-electron chi connectivity index (χ3n) is 2.94. The molecule has 0 radical (unpaired) electrons. The van der Waals surface area contributed by atoms with Gasteiger partial charge in [0.2, 0.25) is 0 Å². The highest BCUT2D eigenvalue weighted by molar-refractivity contribution is 7.98. The van der Waals surface area contributed by atoms with Gasteiger partial charge in [-0.1, -0.05) is 6.07 Å². The molecule has 2 rings (SSSR count). The Morgan fingerprint density at radius 3 is 2.59 bits per heavy atom. The van der Waals surface area contributed by atoms with E-state index in [0.717, 1.165) is 22.6 Å². The molecule has 1 amide bonds. The second kappa shape index (κ2) is 4.53. The number of nitrogens with zero attached hydrogens (tertiary/aromatic N) is 1. The van der Waals surface area contributed by atoms with Gasteiger partial charge in [0.25, 0.3) is 11.7 Å². The van der Waals surface area contributed by atoms with Crippen LogP contribution in [0.25, 0.3) is 0 Å². The molecule has 1 aromatic rings. The Bertz CT molecular complexity index is 496. The first-order valence-corrected chi connectivity index (χ1v) is 6.92. The molecule has 0 saturated carbocycles. The molecular weight excluding hydrogens is 234 g/mol. The summed E-state index contributed by atoms with van der Waals surface area (Å²) in [6, 6.07) is 3.87. The maximum absolute atomic E-state index is 11.9. The van der Waals surface area contributed by atoms with Crippen LogP contribution in [0.2, 0.25) is 0 Å². The summed E-state index contributed by atoms with van der Waals surface area (Å²) >= 11 is 1.67. The number of amides is 1. The van der Waals surface area contributed by atoms with Crippen LogP contribution < -0.4 is 4.90 Å². The molecule has 1 heterocycles. The summed E-state index contributed by atoms with van der Waals surface area (Å²) < 4.78 is 0. The van der Waals surface area contributed by atoms with Gasteiger partial charge in [0, 0.05) is 12.3 Å². The number of carbonyl (C=O) groups is 2. The lowest BCUT2D eigenvalue weighted by atomic mass is 10.0. The van der Waals surface area contributed by atoms with Crippen LogP contribution in [0.1, 0.15) is 21.5 Å². The van der Waals surface area contributed by atoms with Crippen LogP contribution in [-0.4, -0.2) is 30.2 Å². The molecule has 1 aliphatic rings. The number of benzene rings is 1. The van der Waals surface area contributed by atoms with Gasteiger partial charge in [-0.15, -0.1) is 0 Å². The van der Waals surface area contributed by atoms with Crippen molar-refractivity contribution < 1.29 is 9.59 Å². The van der Waals surface area contributed by atoms with Gasteiger partial charge in [0.1, 0.15) is 0 Å². The Morgan fingerprint density at radius 2 is 1.94 bits per heavy atom. The van der Waals surface area contributed by atoms with E-state index in [1.54, 1.807) is 16.7 Å². The Hall–Kier alpha value is -1.29. The minimum atomic E-state index is -0.386. The minimum Gasteiger partial charge on any atom is -0.304 e. The highest BCUT2D eigenvalue weighted by Gasteiger charge is 2.36. The fraction of sp³-hybridized carbons (Fsp3) is 0.385. The van der Waals surface area contributed by atoms with Gasteiger partial charge in [-0.05, 0) is 37.3 Å². The molecule has 1 aliphatic heterocycles. The zero-order chi connectivity index (χ0) is 12.6. The third-order valence-corrected chi connectivity index (χ3v) is 3.53. The number of fused-ring (bicyclic) bond motifs is 1. The predicted octanol–water partition coefficient (Wildman–Crippen LogP) is 2.20. The first-order valence-electron chi connectivity index (χ1n) is 5.52. The molecule has 3 nitrogen and oxygen atoms in total. The highest BCUT2D eigenvalue weighted by atomic mass is 32.2. The maximum atomic E-state index is 11.9. The summed E-state index contributed by atoms with van der Waals surface area (Å²) in [6.07, 6.45) is 1.99. The summed E-state index contributed by atoms with van der Waals surface area (Å²) in [7, 11) is 0. The standard InChI is InChI=1S/C13H15NO2S/c1-8-6-9(2)11-10(7-8)14(4-5-17-3)13(16)12(11)15/h6-7H,4-5H2,1-3H3. The van der Waals surface area contributed by atoms with Gasteiger partial charge < -0.3 is 4.90 Å². The van der Waals surface area contributed by atoms with Crippen molar-refractivity contribution in [1.82, 2.24) is 0 Å². The Morgan fingerprint density at radius 1 is 1.24 bits per heavy atom. The molecule has 90 valence electrons. The molecule has 0 saturated heterocycles. The van der Waals surface area contributed by atoms with Crippen molar-refractivity contribution in [2.24, 2.45) is 0 Å². The van der Waals surface area contributed by atoms with Crippen LogP contribution in [0.3, 0.4) is 0 Å². The van der Waals surface area contributed by atoms with Crippen molar-refractivity contribution >= 4 is 29.1 Å². The summed E-state index contributed by atoms with van der Waals surface area (Å²) in [5.74, 6) is 0.0900. The van der Waals surface area contributed by atoms with Crippen LogP contribution in [-0.2, 0) is 4.79 Å². The molecule has 1 aromatic carbocycles. The van der Waals surface area contributed by atoms with Gasteiger partial charge in [-0.25, -0.2) is 0 Å². The monoisotopic (exact) mass is 249 g/mol. The predicted molar refractivity (Wildman–Crippen MR) is 71.0 cm³/mol. The Kier molecular flexibility index (Phi) is 3.24. The molecular formula is C13H15NO2S. The molecule has 0 bridgehead atoms. The van der Waals surface area contributed by atoms with E-state index in [-0.39, 0.29) is 11.7 Å². The first-order chi connectivity index (χ1) is 8.06. The van der Waals surface area contributed by atoms with Crippen molar-refractivity contribution in [2.45, 2.75) is 13.8 Å². The molecule has 0 fully saturated rings. The topological polar surface area (TPSA) is 37.4 Å². The van der Waals surface area contributed by atoms with E-state index < -0.39 is 0 Å². The highest BCUT2D eigenvalue weighted by Crippen LogP contribution is 2.32. The number of rotatable bonds is 3. The number of hydrogen-bond acceptors (Lipinski definition) is 3. The SMILES string of the molecule is CSCCN1C(=O)C(=O)c2c(C)cc(C)cc21. The number of hydrogen-bond donors (Lipinski definition) is 0. The lowest BCUT2D eigenvalue weighted by molar-refractivity contribution is -0.114. The maximum Gasteiger partial charge on any atom is 0.299 e. The lowest BCUT2D eigenvalue weighted by Gasteiger charge is -2.16. The zero-order valence-electron chi connectivity index (χ0n) is 10.2. The average Bonchev–Trinajstić information content (AvgIpc) is 2.49. The van der Waals surface area contributed by atoms with Crippen LogP contribution in [0.5, 0.6) is 0 Å². The molecule has 0 atom stereocenters. The van der Waals surface area contributed by atoms with E-state index in [1.807, 2.05) is 32.2 Å². The van der Waals surface area contributed by atoms with Crippen molar-refractivity contribution in [2.75, 3.05) is 23.5 Å². The fourth-order valence-corrected chi connectivity index (χ4v) is 2.56. The molecule has 0 aliphatic carbocycles. The minimum absolute atomic E-state index is 0.362. The number of thioether (sulfide) groups is 1. The summed E-state index contributed by atoms with van der Waals surface area (Å²) in [5.41, 5.74) is 3.34. The van der Waals surface area contributed by atoms with Gasteiger partial charge in [0.15, 0.2) is 0 Å². The smallest absolute Gasteiger partial charge is 0.299 e. The quantitative estimate of drug-likeness (QED) is 0.771. The average molecular weight is 249 g/mol. The number of aryl methyl sites for hydroxylation is 2. The fourth-order valence-electron chi connectivity index (χ4n) is 2.20. The molecule has 0 spiro atoms. The van der Waals surface area contributed by atoms with E-state index in [1.165, 1.54) is 0 Å². The summed E-state index contributed by atoms with van der Waals surface area (Å²) in [5, 5.41) is 0. The van der Waals surface area contributed by atoms with E-state index in [0.29, 0.717) is 12.1 Å². The van der Waals surface area contributed by atoms with Crippen molar-refractivity contribution in [3.8, 4) is 0 Å². The molecule has 17 heavy (non-hydrogen) atoms. The van der Waals surface area contributed by atoms with Crippen molar-refractivity contribution in [3.05, 3.63) is 28.8 Å². The van der Waals surface area contributed by atoms with Crippen molar-refractivity contribution in [1.29, 1.82) is 0 Å². The van der Waals surface area contributed by atoms with Gasteiger partial charge in [-0.2, -0.15) is 11.8 Å². The van der Waals surface area contributed by atoms with Gasteiger partial charge in [0.05, 0.1) is 11.3 Å². The van der Waals surface area contributed by atoms with Gasteiger partial charge >= 0.3 is 0 Å². The molecule has 0 N–H and O–H groups in total. The van der Waals surface area contributed by atoms with E-state index in [4.69, 9.17) is 0 Å². The Labute approximate surface area is 105 Å². The Balaban J connectivity index is 2.48. The van der Waals surface area contributed by atoms with Crippen LogP contribution in [0.15, 0.2) is 12.1 Å². The molecule has 4 heteroatoms. The van der Waals surface area contributed by atoms with Crippen LogP contribution in [0, 0.1) is 13.8 Å². The van der Waals surface area contributed by atoms with E-state index in [9.17, 15) is 9.59 Å². The first kappa shape index (κ1) is 12.2. The van der Waals surface area contributed by atoms with E-state index >= 15 is 0 Å².